The zero-order chi connectivity index (χ0) is 17.8. The van der Waals surface area contributed by atoms with E-state index in [-0.39, 0.29) is 16.9 Å². The molecule has 0 unspecified atom stereocenters. The maximum atomic E-state index is 13.5. The molecule has 1 aromatic heterocycles. The first kappa shape index (κ1) is 16.9. The van der Waals surface area contributed by atoms with Crippen molar-refractivity contribution in [1.82, 2.24) is 10.2 Å². The largest absolute Gasteiger partial charge is 0.456 e. The van der Waals surface area contributed by atoms with Crippen LogP contribution in [0.25, 0.3) is 0 Å². The van der Waals surface area contributed by atoms with E-state index in [0.717, 1.165) is 11.6 Å². The predicted molar refractivity (Wildman–Crippen MR) is 93.0 cm³/mol. The Morgan fingerprint density at radius 3 is 2.76 bits per heavy atom. The second-order valence-corrected chi connectivity index (χ2v) is 6.10. The Bertz CT molecular complexity index is 1010. The molecule has 0 bridgehead atoms. The van der Waals surface area contributed by atoms with Gasteiger partial charge in [-0.25, -0.2) is 9.49 Å². The van der Waals surface area contributed by atoms with E-state index in [4.69, 9.17) is 10.00 Å². The van der Waals surface area contributed by atoms with Gasteiger partial charge in [0, 0.05) is 18.6 Å². The minimum absolute atomic E-state index is 0.180. The number of aromatic nitrogens is 2. The van der Waals surface area contributed by atoms with Crippen molar-refractivity contribution in [2.45, 2.75) is 6.42 Å². The number of nitrogens with zero attached hydrogens (tertiary/aromatic N) is 2. The summed E-state index contributed by atoms with van der Waals surface area (Å²) in [5, 5.41) is 15.3. The van der Waals surface area contributed by atoms with Crippen molar-refractivity contribution >= 4 is 15.9 Å². The Morgan fingerprint density at radius 1 is 1.20 bits per heavy atom. The predicted octanol–water partition coefficient (Wildman–Crippen LogP) is 3.93. The van der Waals surface area contributed by atoms with E-state index >= 15 is 0 Å². The van der Waals surface area contributed by atoms with Crippen molar-refractivity contribution in [3.05, 3.63) is 86.0 Å². The lowest BCUT2D eigenvalue weighted by Gasteiger charge is -2.10. The van der Waals surface area contributed by atoms with Crippen LogP contribution in [0.1, 0.15) is 16.8 Å². The summed E-state index contributed by atoms with van der Waals surface area (Å²) in [4.78, 5) is 11.1. The molecule has 3 aromatic rings. The van der Waals surface area contributed by atoms with Crippen molar-refractivity contribution in [3.63, 3.8) is 0 Å². The first-order valence-corrected chi connectivity index (χ1v) is 8.04. The average molecular weight is 400 g/mol. The summed E-state index contributed by atoms with van der Waals surface area (Å²) < 4.78 is 19.9. The van der Waals surface area contributed by atoms with Crippen LogP contribution in [-0.4, -0.2) is 10.2 Å². The molecule has 25 heavy (non-hydrogen) atoms. The first-order chi connectivity index (χ1) is 12.0. The fraction of sp³-hybridized carbons (Fsp3) is 0.0556. The average Bonchev–Trinajstić information content (AvgIpc) is 2.59. The van der Waals surface area contributed by atoms with Crippen LogP contribution in [0.4, 0.5) is 4.39 Å². The van der Waals surface area contributed by atoms with Crippen LogP contribution < -0.4 is 10.3 Å². The molecule has 124 valence electrons. The molecule has 0 spiro atoms. The molecule has 0 atom stereocenters. The van der Waals surface area contributed by atoms with Crippen LogP contribution in [-0.2, 0) is 6.42 Å². The van der Waals surface area contributed by atoms with Crippen molar-refractivity contribution in [2.75, 3.05) is 0 Å². The number of benzene rings is 2. The summed E-state index contributed by atoms with van der Waals surface area (Å²) >= 11 is 3.39. The highest BCUT2D eigenvalue weighted by Gasteiger charge is 2.08. The number of nitrogens with one attached hydrogen (secondary N) is 1. The molecule has 1 heterocycles. The monoisotopic (exact) mass is 399 g/mol. The summed E-state index contributed by atoms with van der Waals surface area (Å²) in [6.07, 6.45) is 0.493. The Balaban J connectivity index is 1.87. The number of nitriles is 1. The molecule has 0 saturated heterocycles. The molecular formula is C18H11BrFN3O2. The molecule has 0 saturated carbocycles. The maximum absolute atomic E-state index is 13.5. The van der Waals surface area contributed by atoms with Crippen LogP contribution >= 0.6 is 15.9 Å². The minimum atomic E-state index is -0.543. The molecule has 0 aliphatic heterocycles. The molecule has 5 nitrogen and oxygen atoms in total. The molecule has 0 amide bonds. The van der Waals surface area contributed by atoms with Crippen LogP contribution in [0.3, 0.4) is 0 Å². The van der Waals surface area contributed by atoms with Gasteiger partial charge in [-0.15, -0.1) is 0 Å². The van der Waals surface area contributed by atoms with Crippen LogP contribution in [0.2, 0.25) is 0 Å². The number of H-pyrrole nitrogens is 1. The second-order valence-electron chi connectivity index (χ2n) is 5.24. The van der Waals surface area contributed by atoms with Gasteiger partial charge in [-0.05, 0) is 51.8 Å². The zero-order valence-corrected chi connectivity index (χ0v) is 14.4. The fourth-order valence-corrected chi connectivity index (χ4v) is 2.56. The highest BCUT2D eigenvalue weighted by Crippen LogP contribution is 2.32. The quantitative estimate of drug-likeness (QED) is 0.720. The second kappa shape index (κ2) is 7.28. The molecule has 0 aliphatic rings. The third kappa shape index (κ3) is 4.31. The van der Waals surface area contributed by atoms with Gasteiger partial charge in [0.2, 0.25) is 0 Å². The summed E-state index contributed by atoms with van der Waals surface area (Å²) in [5.41, 5.74) is 1.52. The normalized spacial score (nSPS) is 10.3. The molecule has 1 N–H and O–H groups in total. The molecule has 7 heteroatoms. The smallest absolute Gasteiger partial charge is 0.264 e. The molecule has 0 fully saturated rings. The van der Waals surface area contributed by atoms with Gasteiger partial charge < -0.3 is 4.74 Å². The highest BCUT2D eigenvalue weighted by molar-refractivity contribution is 9.10. The first-order valence-electron chi connectivity index (χ1n) is 7.25. The lowest BCUT2D eigenvalue weighted by Crippen LogP contribution is -2.07. The van der Waals surface area contributed by atoms with E-state index in [1.165, 1.54) is 18.2 Å². The molecular weight excluding hydrogens is 389 g/mol. The van der Waals surface area contributed by atoms with Crippen molar-refractivity contribution in [1.29, 1.82) is 5.26 Å². The van der Waals surface area contributed by atoms with Gasteiger partial charge in [-0.2, -0.15) is 10.4 Å². The van der Waals surface area contributed by atoms with E-state index < -0.39 is 5.82 Å². The van der Waals surface area contributed by atoms with Gasteiger partial charge >= 0.3 is 0 Å². The molecule has 2 aromatic carbocycles. The third-order valence-corrected chi connectivity index (χ3v) is 4.00. The zero-order valence-electron chi connectivity index (χ0n) is 12.8. The summed E-state index contributed by atoms with van der Waals surface area (Å²) in [6.45, 7) is 0. The number of hydrogen-bond acceptors (Lipinski definition) is 4. The topological polar surface area (TPSA) is 78.8 Å². The van der Waals surface area contributed by atoms with Crippen LogP contribution in [0.5, 0.6) is 11.5 Å². The Kier molecular flexibility index (Phi) is 4.91. The van der Waals surface area contributed by atoms with Gasteiger partial charge in [0.15, 0.2) is 0 Å². The molecule has 0 aliphatic carbocycles. The Morgan fingerprint density at radius 2 is 2.04 bits per heavy atom. The van der Waals surface area contributed by atoms with Gasteiger partial charge in [-0.1, -0.05) is 6.07 Å². The maximum Gasteiger partial charge on any atom is 0.264 e. The molecule has 0 radical (unpaired) electrons. The number of rotatable bonds is 4. The van der Waals surface area contributed by atoms with E-state index in [9.17, 15) is 9.18 Å². The van der Waals surface area contributed by atoms with Gasteiger partial charge in [-0.3, -0.25) is 4.79 Å². The van der Waals surface area contributed by atoms with Gasteiger partial charge in [0.1, 0.15) is 17.3 Å². The third-order valence-electron chi connectivity index (χ3n) is 3.35. The standard InChI is InChI=1S/C18H11BrFN3O2/c19-16-3-1-11(6-14-2-4-18(24)23-22-14)8-17(16)25-15-7-12(10-21)5-13(20)9-15/h1-5,7-9H,6H2,(H,23,24). The number of halogens is 2. The van der Waals surface area contributed by atoms with E-state index in [1.54, 1.807) is 18.2 Å². The van der Waals surface area contributed by atoms with Crippen LogP contribution in [0, 0.1) is 17.1 Å². The Hall–Kier alpha value is -2.98. The van der Waals surface area contributed by atoms with E-state index in [0.29, 0.717) is 22.3 Å². The lowest BCUT2D eigenvalue weighted by molar-refractivity contribution is 0.473. The summed E-state index contributed by atoms with van der Waals surface area (Å²) in [7, 11) is 0. The summed E-state index contributed by atoms with van der Waals surface area (Å²) in [6, 6.07) is 14.2. The number of ether oxygens (including phenoxy) is 1. The lowest BCUT2D eigenvalue weighted by atomic mass is 10.1. The minimum Gasteiger partial charge on any atom is -0.456 e. The number of aromatic amines is 1. The Labute approximate surface area is 150 Å². The SMILES string of the molecule is N#Cc1cc(F)cc(Oc2cc(Cc3ccc(=O)[nH]n3)ccc2Br)c1. The highest BCUT2D eigenvalue weighted by atomic mass is 79.9. The number of hydrogen-bond donors (Lipinski definition) is 1. The van der Waals surface area contributed by atoms with Gasteiger partial charge in [0.25, 0.3) is 5.56 Å². The van der Waals surface area contributed by atoms with Gasteiger partial charge in [0.05, 0.1) is 21.8 Å². The van der Waals surface area contributed by atoms with Crippen molar-refractivity contribution < 1.29 is 9.13 Å². The summed E-state index contributed by atoms with van der Waals surface area (Å²) in [5.74, 6) is 0.173. The van der Waals surface area contributed by atoms with Crippen molar-refractivity contribution in [2.24, 2.45) is 0 Å². The van der Waals surface area contributed by atoms with Crippen LogP contribution in [0.15, 0.2) is 57.8 Å². The fourth-order valence-electron chi connectivity index (χ4n) is 2.23. The molecule has 3 rings (SSSR count). The van der Waals surface area contributed by atoms with E-state index in [2.05, 4.69) is 26.1 Å². The van der Waals surface area contributed by atoms with Crippen molar-refractivity contribution in [3.8, 4) is 17.6 Å². The van der Waals surface area contributed by atoms with E-state index in [1.807, 2.05) is 12.1 Å².